The van der Waals surface area contributed by atoms with Gasteiger partial charge in [0.05, 0.1) is 5.69 Å². The first-order chi connectivity index (χ1) is 7.00. The van der Waals surface area contributed by atoms with Crippen LogP contribution in [-0.2, 0) is 11.2 Å². The maximum atomic E-state index is 10.5. The molecule has 0 bridgehead atoms. The van der Waals surface area contributed by atoms with Gasteiger partial charge in [-0.15, -0.1) is 0 Å². The largest absolute Gasteiger partial charge is 0.733 e. The second-order valence-electron chi connectivity index (χ2n) is 3.09. The van der Waals surface area contributed by atoms with Gasteiger partial charge in [-0.3, -0.25) is 10.0 Å². The summed E-state index contributed by atoms with van der Waals surface area (Å²) in [4.78, 5) is 10.5. The highest BCUT2D eigenvalue weighted by Gasteiger charge is 2.11. The number of hydrogen-bond acceptors (Lipinski definition) is 5. The van der Waals surface area contributed by atoms with Crippen LogP contribution in [0.3, 0.4) is 0 Å². The van der Waals surface area contributed by atoms with Gasteiger partial charge in [-0.25, -0.2) is 0 Å². The summed E-state index contributed by atoms with van der Waals surface area (Å²) in [6.45, 7) is 0. The molecule has 82 valence electrons. The molecule has 1 atom stereocenters. The van der Waals surface area contributed by atoms with E-state index in [-0.39, 0.29) is 17.3 Å². The maximum absolute atomic E-state index is 10.5. The summed E-state index contributed by atoms with van der Waals surface area (Å²) in [6, 6.07) is 4.89. The van der Waals surface area contributed by atoms with E-state index in [0.29, 0.717) is 5.56 Å². The normalized spacial score (nSPS) is 12.2. The van der Waals surface area contributed by atoms with Gasteiger partial charge < -0.3 is 21.3 Å². The second-order valence-corrected chi connectivity index (χ2v) is 3.09. The van der Waals surface area contributed by atoms with E-state index in [1.54, 1.807) is 12.1 Å². The van der Waals surface area contributed by atoms with Crippen molar-refractivity contribution in [1.29, 1.82) is 0 Å². The van der Waals surface area contributed by atoms with Crippen LogP contribution in [0.1, 0.15) is 5.56 Å². The van der Waals surface area contributed by atoms with Crippen molar-refractivity contribution >= 4 is 11.7 Å². The molecule has 0 aliphatic carbocycles. The Morgan fingerprint density at radius 3 is 2.40 bits per heavy atom. The molecule has 0 aliphatic rings. The van der Waals surface area contributed by atoms with Crippen molar-refractivity contribution in [3.05, 3.63) is 35.0 Å². The number of carboxylic acids is 1. The van der Waals surface area contributed by atoms with Crippen LogP contribution in [0.4, 0.5) is 5.69 Å². The van der Waals surface area contributed by atoms with E-state index in [0.717, 1.165) is 0 Å². The van der Waals surface area contributed by atoms with Crippen molar-refractivity contribution < 1.29 is 15.1 Å². The summed E-state index contributed by atoms with van der Waals surface area (Å²) in [6.07, 6.45) is 0.180. The van der Waals surface area contributed by atoms with E-state index in [1.807, 2.05) is 0 Å². The van der Waals surface area contributed by atoms with Crippen LogP contribution in [0.5, 0.6) is 0 Å². The van der Waals surface area contributed by atoms with E-state index in [2.05, 4.69) is 0 Å². The Bertz CT molecular complexity index is 336. The lowest BCUT2D eigenvalue weighted by Crippen LogP contribution is -2.32. The van der Waals surface area contributed by atoms with Gasteiger partial charge in [0.15, 0.2) is 0 Å². The van der Waals surface area contributed by atoms with Gasteiger partial charge in [-0.05, 0) is 24.1 Å². The molecule has 1 aromatic rings. The Balaban J connectivity index is 2.68. The number of hydrogen-bond donors (Lipinski definition) is 3. The smallest absolute Gasteiger partial charge is 0.320 e. The predicted molar refractivity (Wildman–Crippen MR) is 53.4 cm³/mol. The first-order valence-electron chi connectivity index (χ1n) is 4.24. The number of aliphatic carboxylic acids is 1. The Labute approximate surface area is 86.1 Å². The summed E-state index contributed by atoms with van der Waals surface area (Å²) < 4.78 is 0. The van der Waals surface area contributed by atoms with E-state index in [1.165, 1.54) is 12.1 Å². The lowest BCUT2D eigenvalue weighted by atomic mass is 10.1. The van der Waals surface area contributed by atoms with E-state index >= 15 is 0 Å². The van der Waals surface area contributed by atoms with Gasteiger partial charge in [0, 0.05) is 0 Å². The maximum Gasteiger partial charge on any atom is 0.320 e. The fraction of sp³-hybridized carbons (Fsp3) is 0.222. The van der Waals surface area contributed by atoms with Crippen LogP contribution in [0, 0.1) is 5.21 Å². The summed E-state index contributed by atoms with van der Waals surface area (Å²) in [5, 5.41) is 27.3. The van der Waals surface area contributed by atoms with Crippen LogP contribution >= 0.6 is 0 Å². The van der Waals surface area contributed by atoms with Crippen LogP contribution < -0.4 is 11.0 Å². The number of carbonyl (C=O) groups is 1. The first-order valence-corrected chi connectivity index (χ1v) is 4.24. The fourth-order valence-electron chi connectivity index (χ4n) is 1.10. The summed E-state index contributed by atoms with van der Waals surface area (Å²) in [7, 11) is 0. The molecule has 1 unspecified atom stereocenters. The van der Waals surface area contributed by atoms with Crippen LogP contribution in [0.2, 0.25) is 0 Å². The molecule has 0 saturated carbocycles. The number of anilines is 1. The van der Waals surface area contributed by atoms with Crippen molar-refractivity contribution in [2.45, 2.75) is 12.5 Å². The summed E-state index contributed by atoms with van der Waals surface area (Å²) >= 11 is 0. The predicted octanol–water partition coefficient (Wildman–Crippen LogP) is 0.334. The number of benzene rings is 1. The average Bonchev–Trinajstić information content (AvgIpc) is 2.18. The van der Waals surface area contributed by atoms with Gasteiger partial charge in [0.25, 0.3) is 0 Å². The molecule has 0 radical (unpaired) electrons. The number of nitrogens with zero attached hydrogens (tertiary/aromatic N) is 1. The minimum Gasteiger partial charge on any atom is -0.733 e. The third-order valence-corrected chi connectivity index (χ3v) is 1.93. The summed E-state index contributed by atoms with van der Waals surface area (Å²) in [5.74, 6) is -1.08. The minimum atomic E-state index is -1.08. The van der Waals surface area contributed by atoms with Crippen molar-refractivity contribution in [2.24, 2.45) is 5.73 Å². The number of nitrogens with two attached hydrogens (primary N) is 1. The Morgan fingerprint density at radius 2 is 2.00 bits per heavy atom. The monoisotopic (exact) mass is 211 g/mol. The van der Waals surface area contributed by atoms with Crippen molar-refractivity contribution in [3.8, 4) is 0 Å². The quantitative estimate of drug-likeness (QED) is 0.619. The highest BCUT2D eigenvalue weighted by molar-refractivity contribution is 5.73. The molecule has 0 spiro atoms. The SMILES string of the molecule is NC(Cc1ccc(N([O-])O)cc1)C(=O)O. The Hall–Kier alpha value is -1.63. The molecule has 0 aromatic heterocycles. The molecule has 0 aliphatic heterocycles. The zero-order valence-corrected chi connectivity index (χ0v) is 7.83. The van der Waals surface area contributed by atoms with Gasteiger partial charge in [0.2, 0.25) is 0 Å². The van der Waals surface area contributed by atoms with Gasteiger partial charge in [0.1, 0.15) is 6.04 Å². The van der Waals surface area contributed by atoms with Gasteiger partial charge in [-0.2, -0.15) is 0 Å². The topological polar surface area (TPSA) is 110 Å². The van der Waals surface area contributed by atoms with Crippen LogP contribution in [0.15, 0.2) is 24.3 Å². The van der Waals surface area contributed by atoms with Crippen LogP contribution in [0.25, 0.3) is 0 Å². The van der Waals surface area contributed by atoms with Gasteiger partial charge in [-0.1, -0.05) is 12.1 Å². The average molecular weight is 211 g/mol. The molecule has 1 rings (SSSR count). The highest BCUT2D eigenvalue weighted by Crippen LogP contribution is 2.13. The Morgan fingerprint density at radius 1 is 1.47 bits per heavy atom. The van der Waals surface area contributed by atoms with E-state index in [4.69, 9.17) is 16.0 Å². The first kappa shape index (κ1) is 11.4. The molecule has 6 heteroatoms. The molecular weight excluding hydrogens is 200 g/mol. The highest BCUT2D eigenvalue weighted by atomic mass is 16.8. The third kappa shape index (κ3) is 3.21. The molecular formula is C9H11N2O4-. The lowest BCUT2D eigenvalue weighted by molar-refractivity contribution is -0.138. The lowest BCUT2D eigenvalue weighted by Gasteiger charge is -2.21. The molecule has 15 heavy (non-hydrogen) atoms. The van der Waals surface area contributed by atoms with Crippen molar-refractivity contribution in [1.82, 2.24) is 0 Å². The standard InChI is InChI=1S/C9H11N2O4/c10-8(9(12)13)5-6-1-3-7(4-2-6)11(14)15/h1-4,8,14H,5,10H2,(H,12,13)/q-1. The third-order valence-electron chi connectivity index (χ3n) is 1.93. The van der Waals surface area contributed by atoms with Crippen molar-refractivity contribution in [3.63, 3.8) is 0 Å². The van der Waals surface area contributed by atoms with Gasteiger partial charge >= 0.3 is 5.97 Å². The summed E-state index contributed by atoms with van der Waals surface area (Å²) in [5.41, 5.74) is 6.10. The Kier molecular flexibility index (Phi) is 3.62. The number of carboxylic acid groups (broad SMARTS) is 1. The number of rotatable bonds is 4. The van der Waals surface area contributed by atoms with Crippen LogP contribution in [-0.4, -0.2) is 22.3 Å². The van der Waals surface area contributed by atoms with E-state index < -0.39 is 12.0 Å². The molecule has 6 nitrogen and oxygen atoms in total. The molecule has 4 N–H and O–H groups in total. The molecule has 0 heterocycles. The zero-order chi connectivity index (χ0) is 11.4. The van der Waals surface area contributed by atoms with E-state index in [9.17, 15) is 10.0 Å². The second kappa shape index (κ2) is 4.74. The molecule has 0 fully saturated rings. The minimum absolute atomic E-state index is 0.0858. The zero-order valence-electron chi connectivity index (χ0n) is 7.83. The molecule has 0 amide bonds. The van der Waals surface area contributed by atoms with Crippen molar-refractivity contribution in [2.75, 3.05) is 5.23 Å². The molecule has 1 aromatic carbocycles. The fourth-order valence-corrected chi connectivity index (χ4v) is 1.10. The molecule has 0 saturated heterocycles.